The molecule has 0 fully saturated rings. The number of carbonyl (C=O) groups excluding carboxylic acids is 2. The van der Waals surface area contributed by atoms with Gasteiger partial charge in [-0.15, -0.1) is 0 Å². The molecule has 84 valence electrons. The third kappa shape index (κ3) is 3.50. The van der Waals surface area contributed by atoms with Gasteiger partial charge in [0, 0.05) is 6.42 Å². The van der Waals surface area contributed by atoms with Crippen molar-refractivity contribution in [3.05, 3.63) is 11.1 Å². The Hall–Kier alpha value is -1.12. The van der Waals surface area contributed by atoms with E-state index in [9.17, 15) is 9.59 Å². The van der Waals surface area contributed by atoms with Gasteiger partial charge in [-0.3, -0.25) is 9.59 Å². The quantitative estimate of drug-likeness (QED) is 0.669. The Bertz CT molecular complexity index is 289. The number of Topliss-reactive ketones (excluding diaryl/α,β-unsaturated/α-hetero) is 1. The first-order valence-corrected chi connectivity index (χ1v) is 5.43. The minimum atomic E-state index is -0.308. The first-order valence-electron chi connectivity index (χ1n) is 5.43. The van der Waals surface area contributed by atoms with Gasteiger partial charge in [0.15, 0.2) is 5.78 Å². The molecule has 0 aromatic rings. The number of rotatable bonds is 4. The van der Waals surface area contributed by atoms with Crippen molar-refractivity contribution in [2.24, 2.45) is 0 Å². The predicted octanol–water partition coefficient (Wildman–Crippen LogP) is 2.40. The van der Waals surface area contributed by atoms with Crippen molar-refractivity contribution in [2.75, 3.05) is 7.11 Å². The fourth-order valence-electron chi connectivity index (χ4n) is 1.90. The number of hydrogen-bond acceptors (Lipinski definition) is 3. The summed E-state index contributed by atoms with van der Waals surface area (Å²) in [5.41, 5.74) is 2.15. The van der Waals surface area contributed by atoms with Crippen LogP contribution in [0.25, 0.3) is 0 Å². The van der Waals surface area contributed by atoms with Gasteiger partial charge in [-0.25, -0.2) is 0 Å². The Balaban J connectivity index is 2.49. The van der Waals surface area contributed by atoms with Crippen LogP contribution in [0.4, 0.5) is 0 Å². The van der Waals surface area contributed by atoms with E-state index in [0.717, 1.165) is 24.8 Å². The molecule has 0 atom stereocenters. The molecule has 0 unspecified atom stereocenters. The number of hydrogen-bond donors (Lipinski definition) is 0. The summed E-state index contributed by atoms with van der Waals surface area (Å²) in [6, 6.07) is 0. The Kier molecular flexibility index (Phi) is 4.53. The van der Waals surface area contributed by atoms with Crippen LogP contribution in [0.2, 0.25) is 0 Å². The zero-order chi connectivity index (χ0) is 11.3. The van der Waals surface area contributed by atoms with Crippen molar-refractivity contribution in [3.8, 4) is 0 Å². The van der Waals surface area contributed by atoms with Crippen LogP contribution in [-0.2, 0) is 14.3 Å². The number of methoxy groups -OCH3 is 1. The standard InChI is InChI=1S/C12H18O3/c1-9-5-3-4-6-10(9)11(13)7-8-12(14)15-2/h3-8H2,1-2H3. The number of allylic oxidation sites excluding steroid dienone is 2. The fourth-order valence-corrected chi connectivity index (χ4v) is 1.90. The van der Waals surface area contributed by atoms with Gasteiger partial charge in [0.25, 0.3) is 0 Å². The van der Waals surface area contributed by atoms with Crippen LogP contribution in [0.15, 0.2) is 11.1 Å². The summed E-state index contributed by atoms with van der Waals surface area (Å²) >= 11 is 0. The first-order chi connectivity index (χ1) is 7.15. The van der Waals surface area contributed by atoms with Crippen molar-refractivity contribution >= 4 is 11.8 Å². The SMILES string of the molecule is COC(=O)CCC(=O)C1=C(C)CCCC1. The lowest BCUT2D eigenvalue weighted by Gasteiger charge is -2.16. The summed E-state index contributed by atoms with van der Waals surface area (Å²) in [6.07, 6.45) is 4.67. The topological polar surface area (TPSA) is 43.4 Å². The lowest BCUT2D eigenvalue weighted by Crippen LogP contribution is -2.11. The van der Waals surface area contributed by atoms with Gasteiger partial charge in [0.1, 0.15) is 0 Å². The van der Waals surface area contributed by atoms with Gasteiger partial charge >= 0.3 is 5.97 Å². The molecule has 3 heteroatoms. The second-order valence-corrected chi connectivity index (χ2v) is 3.97. The fraction of sp³-hybridized carbons (Fsp3) is 0.667. The molecule has 1 aliphatic carbocycles. The van der Waals surface area contributed by atoms with Gasteiger partial charge < -0.3 is 4.74 Å². The van der Waals surface area contributed by atoms with Gasteiger partial charge in [-0.2, -0.15) is 0 Å². The van der Waals surface area contributed by atoms with Crippen molar-refractivity contribution in [1.29, 1.82) is 0 Å². The highest BCUT2D eigenvalue weighted by Gasteiger charge is 2.17. The van der Waals surface area contributed by atoms with E-state index in [0.29, 0.717) is 6.42 Å². The minimum absolute atomic E-state index is 0.123. The Labute approximate surface area is 90.5 Å². The minimum Gasteiger partial charge on any atom is -0.469 e. The van der Waals surface area contributed by atoms with E-state index in [-0.39, 0.29) is 18.2 Å². The second-order valence-electron chi connectivity index (χ2n) is 3.97. The van der Waals surface area contributed by atoms with Crippen molar-refractivity contribution in [2.45, 2.75) is 45.4 Å². The molecular weight excluding hydrogens is 192 g/mol. The molecule has 1 aliphatic rings. The average Bonchev–Trinajstić information content (AvgIpc) is 2.26. The van der Waals surface area contributed by atoms with E-state index < -0.39 is 0 Å². The van der Waals surface area contributed by atoms with E-state index in [1.54, 1.807) is 0 Å². The molecule has 1 rings (SSSR count). The summed E-state index contributed by atoms with van der Waals surface area (Å²) in [5.74, 6) is -0.185. The van der Waals surface area contributed by atoms with Crippen LogP contribution >= 0.6 is 0 Å². The van der Waals surface area contributed by atoms with Gasteiger partial charge in [-0.1, -0.05) is 5.57 Å². The highest BCUT2D eigenvalue weighted by molar-refractivity contribution is 5.97. The summed E-state index contributed by atoms with van der Waals surface area (Å²) in [4.78, 5) is 22.7. The smallest absolute Gasteiger partial charge is 0.305 e. The highest BCUT2D eigenvalue weighted by atomic mass is 16.5. The number of esters is 1. The zero-order valence-electron chi connectivity index (χ0n) is 9.47. The van der Waals surface area contributed by atoms with Crippen LogP contribution in [0.3, 0.4) is 0 Å². The molecule has 0 N–H and O–H groups in total. The first kappa shape index (κ1) is 12.0. The van der Waals surface area contributed by atoms with Gasteiger partial charge in [0.05, 0.1) is 13.5 Å². The van der Waals surface area contributed by atoms with Gasteiger partial charge in [-0.05, 0) is 38.2 Å². The summed E-state index contributed by atoms with van der Waals surface area (Å²) in [6.45, 7) is 2.02. The van der Waals surface area contributed by atoms with E-state index in [1.165, 1.54) is 19.1 Å². The molecule has 0 saturated heterocycles. The molecular formula is C12H18O3. The van der Waals surface area contributed by atoms with Gasteiger partial charge in [0.2, 0.25) is 0 Å². The molecule has 0 aromatic carbocycles. The third-order valence-electron chi connectivity index (χ3n) is 2.86. The van der Waals surface area contributed by atoms with E-state index >= 15 is 0 Å². The van der Waals surface area contributed by atoms with E-state index in [2.05, 4.69) is 4.74 Å². The van der Waals surface area contributed by atoms with Crippen molar-refractivity contribution in [1.82, 2.24) is 0 Å². The average molecular weight is 210 g/mol. The van der Waals surface area contributed by atoms with Crippen LogP contribution < -0.4 is 0 Å². The highest BCUT2D eigenvalue weighted by Crippen LogP contribution is 2.25. The zero-order valence-corrected chi connectivity index (χ0v) is 9.47. The normalized spacial score (nSPS) is 16.4. The molecule has 15 heavy (non-hydrogen) atoms. The molecule has 0 amide bonds. The van der Waals surface area contributed by atoms with Crippen LogP contribution in [-0.4, -0.2) is 18.9 Å². The molecule has 0 saturated carbocycles. The number of ether oxygens (including phenoxy) is 1. The third-order valence-corrected chi connectivity index (χ3v) is 2.86. The largest absolute Gasteiger partial charge is 0.469 e. The summed E-state index contributed by atoms with van der Waals surface area (Å²) in [5, 5.41) is 0. The van der Waals surface area contributed by atoms with Crippen LogP contribution in [0, 0.1) is 0 Å². The monoisotopic (exact) mass is 210 g/mol. The lowest BCUT2D eigenvalue weighted by atomic mass is 9.89. The van der Waals surface area contributed by atoms with E-state index in [1.807, 2.05) is 6.92 Å². The molecule has 0 heterocycles. The number of ketones is 1. The molecule has 0 aliphatic heterocycles. The molecule has 3 nitrogen and oxygen atoms in total. The summed E-state index contributed by atoms with van der Waals surface area (Å²) < 4.78 is 4.51. The number of carbonyl (C=O) groups is 2. The predicted molar refractivity (Wildman–Crippen MR) is 57.4 cm³/mol. The second kappa shape index (κ2) is 5.69. The maximum absolute atomic E-state index is 11.8. The Morgan fingerprint density at radius 2 is 1.87 bits per heavy atom. The maximum Gasteiger partial charge on any atom is 0.305 e. The maximum atomic E-state index is 11.8. The lowest BCUT2D eigenvalue weighted by molar-refractivity contribution is -0.141. The van der Waals surface area contributed by atoms with E-state index in [4.69, 9.17) is 0 Å². The van der Waals surface area contributed by atoms with Crippen LogP contribution in [0.1, 0.15) is 45.4 Å². The molecule has 0 spiro atoms. The Morgan fingerprint density at radius 3 is 2.47 bits per heavy atom. The molecule has 0 bridgehead atoms. The summed E-state index contributed by atoms with van der Waals surface area (Å²) in [7, 11) is 1.35. The van der Waals surface area contributed by atoms with Crippen molar-refractivity contribution in [3.63, 3.8) is 0 Å². The van der Waals surface area contributed by atoms with Crippen LogP contribution in [0.5, 0.6) is 0 Å². The molecule has 0 aromatic heterocycles. The Morgan fingerprint density at radius 1 is 1.20 bits per heavy atom. The van der Waals surface area contributed by atoms with Crippen molar-refractivity contribution < 1.29 is 14.3 Å². The molecule has 0 radical (unpaired) electrons.